The zero-order valence-corrected chi connectivity index (χ0v) is 34.8. The first-order valence-corrected chi connectivity index (χ1v) is 22.1. The Morgan fingerprint density at radius 3 is 2.30 bits per heavy atom. The summed E-state index contributed by atoms with van der Waals surface area (Å²) in [6.45, 7) is 7.84. The van der Waals surface area contributed by atoms with Gasteiger partial charge in [-0.25, -0.2) is 9.97 Å². The second kappa shape index (κ2) is 17.8. The number of hydrogen-bond donors (Lipinski definition) is 2. The third kappa shape index (κ3) is 8.82. The Kier molecular flexibility index (Phi) is 12.0. The van der Waals surface area contributed by atoms with Gasteiger partial charge in [0.1, 0.15) is 6.04 Å². The van der Waals surface area contributed by atoms with Gasteiger partial charge in [-0.1, -0.05) is 72.3 Å². The van der Waals surface area contributed by atoms with Crippen molar-refractivity contribution in [2.75, 3.05) is 57.7 Å². The van der Waals surface area contributed by atoms with Crippen LogP contribution in [0.4, 0.5) is 5.95 Å². The monoisotopic (exact) mass is 828 g/mol. The van der Waals surface area contributed by atoms with E-state index in [1.807, 2.05) is 36.4 Å². The van der Waals surface area contributed by atoms with Crippen molar-refractivity contribution in [3.05, 3.63) is 101 Å². The molecule has 1 aromatic heterocycles. The first-order valence-electron chi connectivity index (χ1n) is 21.7. The van der Waals surface area contributed by atoms with Gasteiger partial charge in [-0.15, -0.1) is 0 Å². The molecule has 5 aliphatic heterocycles. The molecule has 9 rings (SSSR count). The summed E-state index contributed by atoms with van der Waals surface area (Å²) in [5.74, 6) is 0.535. The number of rotatable bonds is 10. The summed E-state index contributed by atoms with van der Waals surface area (Å²) in [5, 5.41) is 6.41. The van der Waals surface area contributed by atoms with E-state index in [1.165, 1.54) is 5.56 Å². The number of carbonyl (C=O) groups is 4. The number of likely N-dealkylation sites (tertiary alicyclic amines) is 3. The van der Waals surface area contributed by atoms with Gasteiger partial charge < -0.3 is 24.9 Å². The van der Waals surface area contributed by atoms with E-state index < -0.39 is 6.04 Å². The van der Waals surface area contributed by atoms with E-state index >= 15 is 0 Å². The molecule has 0 aliphatic carbocycles. The maximum absolute atomic E-state index is 13.8. The first-order chi connectivity index (χ1) is 29.3. The average Bonchev–Trinajstić information content (AvgIpc) is 3.61. The summed E-state index contributed by atoms with van der Waals surface area (Å²) < 4.78 is 0. The number of carbonyl (C=O) groups excluding carboxylic acids is 4. The molecule has 3 aromatic carbocycles. The number of amides is 4. The van der Waals surface area contributed by atoms with Gasteiger partial charge in [0, 0.05) is 62.2 Å². The summed E-state index contributed by atoms with van der Waals surface area (Å²) in [4.78, 5) is 69.2. The SMILES string of the molecule is O=C1CCC(N2Cc3cc(C4CCN(CCN5CCC(C(=O)N6CCC[C@H](Nc7ncc(Cl)c(-c8cccc(-c9ccccc9)c8)n7)C6)CC5)CC4)ccc3C2=O)C(=O)N1. The van der Waals surface area contributed by atoms with Crippen LogP contribution in [0.5, 0.6) is 0 Å². The number of hydrogen-bond acceptors (Lipinski definition) is 9. The van der Waals surface area contributed by atoms with Gasteiger partial charge in [-0.2, -0.15) is 0 Å². The van der Waals surface area contributed by atoms with Crippen LogP contribution in [-0.4, -0.2) is 118 Å². The molecule has 1 unspecified atom stereocenters. The Labute approximate surface area is 356 Å². The molecule has 5 aliphatic rings. The molecule has 0 radical (unpaired) electrons. The number of benzene rings is 3. The number of fused-ring (bicyclic) bond motifs is 1. The summed E-state index contributed by atoms with van der Waals surface area (Å²) in [5.41, 5.74) is 6.76. The highest BCUT2D eigenvalue weighted by molar-refractivity contribution is 6.33. The first kappa shape index (κ1) is 40.2. The lowest BCUT2D eigenvalue weighted by Gasteiger charge is -2.39. The molecule has 4 saturated heterocycles. The standard InChI is InChI=1S/C47H53ClN8O4/c48-40-28-49-47(52-43(40)36-9-4-8-34(26-36)31-6-2-1-3-7-31)50-38-10-5-19-55(30-38)45(59)33-17-22-54(23-18-33)25-24-53-20-15-32(16-21-53)35-11-12-39-37(27-35)29-56(46(39)60)41-13-14-42(57)51-44(41)58/h1-4,6-9,11-12,26-28,32-33,38,41H,5,10,13-25,29-30H2,(H,49,50,52)(H,51,57,58)/t38-,41?/m0/s1. The van der Waals surface area contributed by atoms with Crippen LogP contribution >= 0.6 is 11.6 Å². The minimum atomic E-state index is -0.589. The second-order valence-electron chi connectivity index (χ2n) is 17.2. The Morgan fingerprint density at radius 1 is 0.800 bits per heavy atom. The summed E-state index contributed by atoms with van der Waals surface area (Å²) in [6, 6.07) is 24.2. The van der Waals surface area contributed by atoms with Crippen LogP contribution in [0.3, 0.4) is 0 Å². The average molecular weight is 829 g/mol. The Balaban J connectivity index is 0.713. The number of nitrogens with one attached hydrogen (secondary N) is 2. The number of piperidine rings is 4. The molecular weight excluding hydrogens is 776 g/mol. The molecule has 60 heavy (non-hydrogen) atoms. The molecule has 0 spiro atoms. The van der Waals surface area contributed by atoms with E-state index in [1.54, 1.807) is 11.1 Å². The van der Waals surface area contributed by atoms with E-state index in [-0.39, 0.29) is 42.0 Å². The Morgan fingerprint density at radius 2 is 1.53 bits per heavy atom. The smallest absolute Gasteiger partial charge is 0.255 e. The van der Waals surface area contributed by atoms with Crippen LogP contribution in [0.15, 0.2) is 79.0 Å². The Bertz CT molecular complexity index is 2240. The fourth-order valence-corrected chi connectivity index (χ4v) is 10.1. The maximum Gasteiger partial charge on any atom is 0.255 e. The zero-order chi connectivity index (χ0) is 41.2. The molecule has 6 heterocycles. The third-order valence-corrected chi connectivity index (χ3v) is 13.6. The summed E-state index contributed by atoms with van der Waals surface area (Å²) >= 11 is 6.63. The number of halogens is 1. The zero-order valence-electron chi connectivity index (χ0n) is 34.0. The third-order valence-electron chi connectivity index (χ3n) is 13.3. The van der Waals surface area contributed by atoms with Crippen molar-refractivity contribution in [1.82, 2.24) is 34.9 Å². The highest BCUT2D eigenvalue weighted by Crippen LogP contribution is 2.35. The number of aromatic nitrogens is 2. The van der Waals surface area contributed by atoms with Gasteiger partial charge in [0.2, 0.25) is 23.7 Å². The molecule has 13 heteroatoms. The van der Waals surface area contributed by atoms with E-state index in [2.05, 4.69) is 66.7 Å². The van der Waals surface area contributed by atoms with Gasteiger partial charge in [0.25, 0.3) is 5.91 Å². The van der Waals surface area contributed by atoms with E-state index in [9.17, 15) is 19.2 Å². The lowest BCUT2D eigenvalue weighted by molar-refractivity contribution is -0.138. The second-order valence-corrected chi connectivity index (χ2v) is 17.6. The molecule has 312 valence electrons. The molecule has 0 bridgehead atoms. The van der Waals surface area contributed by atoms with Crippen molar-refractivity contribution in [3.63, 3.8) is 0 Å². The van der Waals surface area contributed by atoms with Crippen molar-refractivity contribution in [1.29, 1.82) is 0 Å². The predicted octanol–water partition coefficient (Wildman–Crippen LogP) is 6.22. The highest BCUT2D eigenvalue weighted by atomic mass is 35.5. The minimum Gasteiger partial charge on any atom is -0.350 e. The summed E-state index contributed by atoms with van der Waals surface area (Å²) in [7, 11) is 0. The maximum atomic E-state index is 13.8. The molecule has 4 fully saturated rings. The molecule has 12 nitrogen and oxygen atoms in total. The highest BCUT2D eigenvalue weighted by Gasteiger charge is 2.39. The molecule has 2 N–H and O–H groups in total. The van der Waals surface area contributed by atoms with E-state index in [0.29, 0.717) is 47.7 Å². The minimum absolute atomic E-state index is 0.0599. The van der Waals surface area contributed by atoms with Crippen molar-refractivity contribution < 1.29 is 19.2 Å². The lowest BCUT2D eigenvalue weighted by Crippen LogP contribution is -2.52. The predicted molar refractivity (Wildman–Crippen MR) is 231 cm³/mol. The number of nitrogens with zero attached hydrogens (tertiary/aromatic N) is 6. The summed E-state index contributed by atoms with van der Waals surface area (Å²) in [6.07, 6.45) is 8.10. The van der Waals surface area contributed by atoms with Crippen molar-refractivity contribution in [2.45, 2.75) is 75.9 Å². The van der Waals surface area contributed by atoms with Gasteiger partial charge in [-0.3, -0.25) is 24.5 Å². The molecule has 2 atom stereocenters. The van der Waals surface area contributed by atoms with Gasteiger partial charge in [0.05, 0.1) is 16.9 Å². The largest absolute Gasteiger partial charge is 0.350 e. The van der Waals surface area contributed by atoms with Crippen molar-refractivity contribution >= 4 is 41.2 Å². The lowest BCUT2D eigenvalue weighted by atomic mass is 9.88. The number of anilines is 1. The molecular formula is C47H53ClN8O4. The topological polar surface area (TPSA) is 131 Å². The fourth-order valence-electron chi connectivity index (χ4n) is 9.88. The van der Waals surface area contributed by atoms with Gasteiger partial charge in [0.15, 0.2) is 0 Å². The van der Waals surface area contributed by atoms with Gasteiger partial charge in [-0.05, 0) is 111 Å². The van der Waals surface area contributed by atoms with Crippen LogP contribution in [-0.2, 0) is 20.9 Å². The molecule has 4 amide bonds. The normalized spacial score (nSPS) is 22.2. The molecule has 4 aromatic rings. The number of imide groups is 1. The quantitative estimate of drug-likeness (QED) is 0.179. The molecule has 0 saturated carbocycles. The van der Waals surface area contributed by atoms with Crippen LogP contribution in [0.25, 0.3) is 22.4 Å². The Hall–Kier alpha value is -5.17. The van der Waals surface area contributed by atoms with E-state index in [0.717, 1.165) is 107 Å². The van der Waals surface area contributed by atoms with Crippen LogP contribution in [0.2, 0.25) is 5.02 Å². The van der Waals surface area contributed by atoms with Crippen LogP contribution in [0, 0.1) is 5.92 Å². The van der Waals surface area contributed by atoms with Crippen molar-refractivity contribution in [2.24, 2.45) is 5.92 Å². The van der Waals surface area contributed by atoms with Crippen LogP contribution in [0.1, 0.15) is 78.8 Å². The fraction of sp³-hybridized carbons (Fsp3) is 0.447. The van der Waals surface area contributed by atoms with Crippen molar-refractivity contribution in [3.8, 4) is 22.4 Å². The van der Waals surface area contributed by atoms with E-state index in [4.69, 9.17) is 16.6 Å². The van der Waals surface area contributed by atoms with Gasteiger partial charge >= 0.3 is 0 Å². The van der Waals surface area contributed by atoms with Crippen LogP contribution < -0.4 is 10.6 Å².